The van der Waals surface area contributed by atoms with Crippen molar-refractivity contribution in [3.8, 4) is 89.7 Å². The van der Waals surface area contributed by atoms with Gasteiger partial charge in [-0.2, -0.15) is 0 Å². The third kappa shape index (κ3) is 8.16. The van der Waals surface area contributed by atoms with Gasteiger partial charge >= 0.3 is 0 Å². The van der Waals surface area contributed by atoms with Gasteiger partial charge in [0.15, 0.2) is 0 Å². The Labute approximate surface area is 411 Å². The Bertz CT molecular complexity index is 3670. The van der Waals surface area contributed by atoms with E-state index < -0.39 is 0 Å². The van der Waals surface area contributed by atoms with Crippen LogP contribution < -0.4 is 0 Å². The Morgan fingerprint density at radius 1 is 0.414 bits per heavy atom. The normalized spacial score (nSPS) is 11.9. The smallest absolute Gasteiger partial charge is 0.149 e. The molecule has 2 aromatic heterocycles. The molecule has 0 bridgehead atoms. The van der Waals surface area contributed by atoms with Gasteiger partial charge < -0.3 is 5.11 Å². The van der Waals surface area contributed by atoms with E-state index in [-0.39, 0.29) is 16.6 Å². The van der Waals surface area contributed by atoms with Gasteiger partial charge in [0.2, 0.25) is 0 Å². The number of pyridine rings is 1. The van der Waals surface area contributed by atoms with E-state index in [2.05, 4.69) is 258 Å². The zero-order valence-corrected chi connectivity index (χ0v) is 40.6. The number of phenolic OH excluding ortho intramolecular Hbond substituents is 1. The number of rotatable bonds is 8. The molecule has 2 heterocycles. The highest BCUT2D eigenvalue weighted by Crippen LogP contribution is 2.47. The molecule has 4 heteroatoms. The summed E-state index contributed by atoms with van der Waals surface area (Å²) >= 11 is 0. The summed E-state index contributed by atoms with van der Waals surface area (Å²) in [4.78, 5) is 10.9. The van der Waals surface area contributed by atoms with Crippen LogP contribution in [0.3, 0.4) is 0 Å². The van der Waals surface area contributed by atoms with Crippen molar-refractivity contribution >= 4 is 21.8 Å². The Balaban J connectivity index is 1.24. The molecule has 0 atom stereocenters. The summed E-state index contributed by atoms with van der Waals surface area (Å²) in [7, 11) is 0. The largest absolute Gasteiger partial charge is 0.507 e. The monoisotopic (exact) mass is 905 g/mol. The fourth-order valence-electron chi connectivity index (χ4n) is 9.99. The van der Waals surface area contributed by atoms with Gasteiger partial charge in [0.1, 0.15) is 11.6 Å². The number of hydrogen-bond acceptors (Lipinski definition) is 3. The zero-order chi connectivity index (χ0) is 48.1. The number of phenols is 1. The van der Waals surface area contributed by atoms with Crippen molar-refractivity contribution < 1.29 is 5.11 Å². The SMILES string of the molecule is CC(C)(C)c1cc(-c2nc3c(-c4cc(-c5cc6ccccc6cn5)cc(-c5c(-c6ccccc6)cccc5-c5ccccc5)c4)cccc3n2-c2ccccc2-c2ccccc2)c(O)c(C(C)(C)C)c1. The van der Waals surface area contributed by atoms with Crippen molar-refractivity contribution in [3.05, 3.63) is 230 Å². The van der Waals surface area contributed by atoms with Crippen LogP contribution in [-0.2, 0) is 10.8 Å². The lowest BCUT2D eigenvalue weighted by Crippen LogP contribution is -2.17. The second-order valence-electron chi connectivity index (χ2n) is 20.4. The van der Waals surface area contributed by atoms with Crippen LogP contribution in [0, 0.1) is 0 Å². The molecule has 0 spiro atoms. The number of para-hydroxylation sites is 2. The molecule has 0 unspecified atom stereocenters. The first-order chi connectivity index (χ1) is 33.9. The molecule has 0 aliphatic heterocycles. The number of aromatic hydroxyl groups is 1. The summed E-state index contributed by atoms with van der Waals surface area (Å²) < 4.78 is 2.27. The third-order valence-corrected chi connectivity index (χ3v) is 13.6. The van der Waals surface area contributed by atoms with E-state index in [0.29, 0.717) is 11.4 Å². The first kappa shape index (κ1) is 44.2. The van der Waals surface area contributed by atoms with Crippen molar-refractivity contribution in [2.45, 2.75) is 52.4 Å². The molecule has 70 heavy (non-hydrogen) atoms. The number of benzene rings is 9. The minimum Gasteiger partial charge on any atom is -0.507 e. The Morgan fingerprint density at radius 3 is 1.59 bits per heavy atom. The maximum Gasteiger partial charge on any atom is 0.149 e. The van der Waals surface area contributed by atoms with Gasteiger partial charge in [-0.15, -0.1) is 0 Å². The number of fused-ring (bicyclic) bond motifs is 2. The highest BCUT2D eigenvalue weighted by atomic mass is 16.3. The molecule has 1 N–H and O–H groups in total. The third-order valence-electron chi connectivity index (χ3n) is 13.6. The highest BCUT2D eigenvalue weighted by molar-refractivity contribution is 6.01. The molecule has 9 aromatic carbocycles. The summed E-state index contributed by atoms with van der Waals surface area (Å²) in [5.41, 5.74) is 17.7. The van der Waals surface area contributed by atoms with E-state index >= 15 is 0 Å². The summed E-state index contributed by atoms with van der Waals surface area (Å²) in [6.45, 7) is 13.2. The molecule has 0 radical (unpaired) electrons. The van der Waals surface area contributed by atoms with Crippen LogP contribution >= 0.6 is 0 Å². The summed E-state index contributed by atoms with van der Waals surface area (Å²) in [6, 6.07) is 75.4. The van der Waals surface area contributed by atoms with Gasteiger partial charge in [-0.1, -0.05) is 211 Å². The first-order valence-corrected chi connectivity index (χ1v) is 24.2. The van der Waals surface area contributed by atoms with E-state index in [1.54, 1.807) is 0 Å². The zero-order valence-electron chi connectivity index (χ0n) is 40.6. The molecule has 0 saturated heterocycles. The number of nitrogens with zero attached hydrogens (tertiary/aromatic N) is 3. The van der Waals surface area contributed by atoms with Crippen LogP contribution in [0.25, 0.3) is 106 Å². The average Bonchev–Trinajstić information content (AvgIpc) is 3.78. The minimum absolute atomic E-state index is 0.200. The topological polar surface area (TPSA) is 50.9 Å². The van der Waals surface area contributed by atoms with Crippen molar-refractivity contribution in [2.24, 2.45) is 0 Å². The second-order valence-corrected chi connectivity index (χ2v) is 20.4. The van der Waals surface area contributed by atoms with Gasteiger partial charge in [-0.25, -0.2) is 4.98 Å². The summed E-state index contributed by atoms with van der Waals surface area (Å²) in [6.07, 6.45) is 1.98. The van der Waals surface area contributed by atoms with Gasteiger partial charge in [-0.3, -0.25) is 9.55 Å². The van der Waals surface area contributed by atoms with Crippen LogP contribution in [0.1, 0.15) is 52.7 Å². The van der Waals surface area contributed by atoms with E-state index in [1.165, 1.54) is 0 Å². The van der Waals surface area contributed by atoms with Crippen molar-refractivity contribution in [1.29, 1.82) is 0 Å². The van der Waals surface area contributed by atoms with Crippen LogP contribution in [0.5, 0.6) is 5.75 Å². The lowest BCUT2D eigenvalue weighted by Gasteiger charge is -2.27. The van der Waals surface area contributed by atoms with Gasteiger partial charge in [0, 0.05) is 33.8 Å². The predicted octanol–water partition coefficient (Wildman–Crippen LogP) is 17.5. The molecule has 0 saturated carbocycles. The van der Waals surface area contributed by atoms with Crippen LogP contribution in [0.15, 0.2) is 219 Å². The molecular weight excluding hydrogens is 851 g/mol. The van der Waals surface area contributed by atoms with Crippen molar-refractivity contribution in [3.63, 3.8) is 0 Å². The Morgan fingerprint density at radius 2 is 0.943 bits per heavy atom. The second kappa shape index (κ2) is 17.6. The molecule has 4 nitrogen and oxygen atoms in total. The van der Waals surface area contributed by atoms with Crippen LogP contribution in [0.4, 0.5) is 0 Å². The van der Waals surface area contributed by atoms with E-state index in [1.807, 2.05) is 6.20 Å². The van der Waals surface area contributed by atoms with Gasteiger partial charge in [0.25, 0.3) is 0 Å². The Kier molecular flexibility index (Phi) is 11.1. The molecular formula is C66H55N3O. The summed E-state index contributed by atoms with van der Waals surface area (Å²) in [5.74, 6) is 0.918. The average molecular weight is 906 g/mol. The lowest BCUT2D eigenvalue weighted by atomic mass is 9.79. The number of imidazole rings is 1. The Hall–Kier alpha value is -8.34. The van der Waals surface area contributed by atoms with Crippen LogP contribution in [-0.4, -0.2) is 19.6 Å². The van der Waals surface area contributed by atoms with Gasteiger partial charge in [0.05, 0.1) is 28.0 Å². The van der Waals surface area contributed by atoms with Crippen molar-refractivity contribution in [1.82, 2.24) is 14.5 Å². The van der Waals surface area contributed by atoms with E-state index in [4.69, 9.17) is 9.97 Å². The summed E-state index contributed by atoms with van der Waals surface area (Å²) in [5, 5.41) is 14.8. The van der Waals surface area contributed by atoms with Gasteiger partial charge in [-0.05, 0) is 109 Å². The molecule has 11 rings (SSSR count). The maximum absolute atomic E-state index is 12.6. The molecule has 11 aromatic rings. The lowest BCUT2D eigenvalue weighted by molar-refractivity contribution is 0.446. The first-order valence-electron chi connectivity index (χ1n) is 24.2. The van der Waals surface area contributed by atoms with E-state index in [0.717, 1.165) is 106 Å². The molecule has 0 aliphatic carbocycles. The van der Waals surface area contributed by atoms with Crippen LogP contribution in [0.2, 0.25) is 0 Å². The molecule has 0 aliphatic rings. The molecule has 0 amide bonds. The predicted molar refractivity (Wildman–Crippen MR) is 293 cm³/mol. The quantitative estimate of drug-likeness (QED) is 0.165. The highest BCUT2D eigenvalue weighted by Gasteiger charge is 2.29. The van der Waals surface area contributed by atoms with E-state index in [9.17, 15) is 5.11 Å². The standard InChI is InChI=1S/C66H55N3O/c1-65(2,3)51-40-56(63(70)57(41-51)66(4,5)6)64-68-62-55(33-21-35-60(62)69(64)59-34-19-18-30-52(59)43-22-10-7-11-23-43)48-36-49(58-39-46-28-16-17-29-47(46)42-67-58)38-50(37-48)61-53(44-24-12-8-13-25-44)31-20-32-54(61)45-26-14-9-15-27-45/h7-42,70H,1-6H3. The fourth-order valence-corrected chi connectivity index (χ4v) is 9.99. The molecule has 340 valence electrons. The minimum atomic E-state index is -0.341. The fraction of sp³-hybridized carbons (Fsp3) is 0.121. The number of aromatic nitrogens is 3. The molecule has 0 fully saturated rings. The maximum atomic E-state index is 12.6. The number of hydrogen-bond donors (Lipinski definition) is 1. The van der Waals surface area contributed by atoms with Crippen molar-refractivity contribution in [2.75, 3.05) is 0 Å².